The van der Waals surface area contributed by atoms with Crippen molar-refractivity contribution in [3.8, 4) is 0 Å². The van der Waals surface area contributed by atoms with Crippen LogP contribution in [0.25, 0.3) is 0 Å². The highest BCUT2D eigenvalue weighted by Gasteiger charge is 2.53. The number of amides is 4. The van der Waals surface area contributed by atoms with Crippen molar-refractivity contribution < 1.29 is 29.0 Å². The summed E-state index contributed by atoms with van der Waals surface area (Å²) in [7, 11) is 0. The number of hydrogen-bond donors (Lipinski definition) is 3. The molecule has 1 aromatic rings. The first-order valence-corrected chi connectivity index (χ1v) is 14.9. The van der Waals surface area contributed by atoms with Crippen LogP contribution >= 0.6 is 0 Å². The molecule has 0 atom stereocenters. The number of nitrogens with one attached hydrogen (secondary N) is 2. The quantitative estimate of drug-likeness (QED) is 0.385. The molecule has 1 aromatic carbocycles. The fourth-order valence-corrected chi connectivity index (χ4v) is 6.92. The molecule has 0 radical (unpaired) electrons. The topological polar surface area (TPSA) is 135 Å². The summed E-state index contributed by atoms with van der Waals surface area (Å²) in [5.41, 5.74) is -0.595. The Morgan fingerprint density at radius 2 is 1.35 bits per heavy atom. The Morgan fingerprint density at radius 3 is 1.86 bits per heavy atom. The van der Waals surface area contributed by atoms with E-state index >= 15 is 0 Å². The Bertz CT molecular complexity index is 1240. The smallest absolute Gasteiger partial charge is 0.411 e. The summed E-state index contributed by atoms with van der Waals surface area (Å²) >= 11 is 0. The van der Waals surface area contributed by atoms with Gasteiger partial charge in [-0.05, 0) is 86.9 Å². The first-order valence-electron chi connectivity index (χ1n) is 14.9. The van der Waals surface area contributed by atoms with Crippen LogP contribution in [0.15, 0.2) is 18.2 Å². The number of hydrogen-bond acceptors (Lipinski definition) is 7. The van der Waals surface area contributed by atoms with Crippen LogP contribution in [0.3, 0.4) is 0 Å². The maximum Gasteiger partial charge on any atom is 0.411 e. The van der Waals surface area contributed by atoms with Gasteiger partial charge in [-0.2, -0.15) is 0 Å². The number of rotatable bonds is 9. The lowest BCUT2D eigenvalue weighted by Gasteiger charge is -2.58. The van der Waals surface area contributed by atoms with Gasteiger partial charge in [0.1, 0.15) is 6.61 Å². The molecule has 3 N–H and O–H groups in total. The molecule has 0 bridgehead atoms. The molecule has 2 heterocycles. The van der Waals surface area contributed by atoms with Crippen molar-refractivity contribution in [1.29, 1.82) is 0 Å². The van der Waals surface area contributed by atoms with E-state index in [4.69, 9.17) is 9.84 Å². The summed E-state index contributed by atoms with van der Waals surface area (Å²) in [6.45, 7) is 23.5. The molecule has 2 fully saturated rings. The van der Waals surface area contributed by atoms with E-state index in [0.29, 0.717) is 44.1 Å². The lowest BCUT2D eigenvalue weighted by Crippen LogP contribution is -2.75. The third-order valence-corrected chi connectivity index (χ3v) is 8.84. The fourth-order valence-electron chi connectivity index (χ4n) is 6.92. The number of likely N-dealkylation sites (N-methyl/N-ethyl adjacent to an activating group) is 1. The number of aryl methyl sites for hydroxylation is 1. The minimum atomic E-state index is -1.20. The molecule has 4 amide bonds. The van der Waals surface area contributed by atoms with Gasteiger partial charge < -0.3 is 19.6 Å². The molecule has 12 nitrogen and oxygen atoms in total. The molecule has 12 heteroatoms. The number of carbonyl (C=O) groups excluding carboxylic acids is 3. The molecule has 0 spiro atoms. The average molecular weight is 603 g/mol. The second-order valence-electron chi connectivity index (χ2n) is 13.8. The average Bonchev–Trinajstić information content (AvgIpc) is 2.87. The van der Waals surface area contributed by atoms with E-state index in [-0.39, 0.29) is 36.0 Å². The molecule has 2 aliphatic heterocycles. The predicted molar refractivity (Wildman–Crippen MR) is 166 cm³/mol. The summed E-state index contributed by atoms with van der Waals surface area (Å²) in [4.78, 5) is 58.6. The molecule has 3 rings (SSSR count). The summed E-state index contributed by atoms with van der Waals surface area (Å²) in [6, 6.07) is 4.80. The standard InChI is InChI=1S/C31H50N6O6/c1-11-34-19-28(3,4)36(30(7,8)24(34)38)14-15-37-29(5,6)20-35(25(39)31(37,9)10)16-17-43-27(42)33-23-18-22(32-26(40)41)13-12-21(23)2/h12-13,18,32H,11,14-17,19-20H2,1-10H3,(H,33,42)(H,40,41). The van der Waals surface area contributed by atoms with Gasteiger partial charge in [0, 0.05) is 55.2 Å². The van der Waals surface area contributed by atoms with E-state index in [1.54, 1.807) is 24.0 Å². The van der Waals surface area contributed by atoms with Gasteiger partial charge in [0.25, 0.3) is 0 Å². The van der Waals surface area contributed by atoms with Crippen molar-refractivity contribution >= 4 is 35.4 Å². The van der Waals surface area contributed by atoms with Crippen molar-refractivity contribution in [1.82, 2.24) is 19.6 Å². The number of piperazine rings is 2. The second kappa shape index (κ2) is 12.3. The number of ether oxygens (including phenoxy) is 1. The number of carboxylic acid groups (broad SMARTS) is 1. The highest BCUT2D eigenvalue weighted by Crippen LogP contribution is 2.36. The lowest BCUT2D eigenvalue weighted by molar-refractivity contribution is -0.168. The number of anilines is 2. The van der Waals surface area contributed by atoms with E-state index < -0.39 is 23.3 Å². The Hall–Kier alpha value is -3.38. The Labute approximate surface area is 255 Å². The molecule has 0 aromatic heterocycles. The van der Waals surface area contributed by atoms with E-state index in [2.05, 4.69) is 48.1 Å². The predicted octanol–water partition coefficient (Wildman–Crippen LogP) is 4.06. The normalized spacial score (nSPS) is 21.4. The van der Waals surface area contributed by atoms with Crippen molar-refractivity contribution in [2.75, 3.05) is 56.5 Å². The first kappa shape index (κ1) is 34.1. The maximum atomic E-state index is 13.7. The van der Waals surface area contributed by atoms with E-state index in [1.807, 2.05) is 39.5 Å². The van der Waals surface area contributed by atoms with Crippen LogP contribution in [0.5, 0.6) is 0 Å². The molecular formula is C31H50N6O6. The minimum Gasteiger partial charge on any atom is -0.465 e. The highest BCUT2D eigenvalue weighted by molar-refractivity contribution is 5.89. The van der Waals surface area contributed by atoms with Gasteiger partial charge >= 0.3 is 12.2 Å². The fraction of sp³-hybridized carbons (Fsp3) is 0.677. The Morgan fingerprint density at radius 1 is 0.837 bits per heavy atom. The zero-order valence-corrected chi connectivity index (χ0v) is 27.5. The van der Waals surface area contributed by atoms with Crippen molar-refractivity contribution in [2.45, 2.75) is 91.4 Å². The minimum absolute atomic E-state index is 0.00203. The van der Waals surface area contributed by atoms with Gasteiger partial charge in [-0.1, -0.05) is 6.07 Å². The highest BCUT2D eigenvalue weighted by atomic mass is 16.5. The molecule has 2 aliphatic rings. The van der Waals surface area contributed by atoms with Crippen LogP contribution in [-0.2, 0) is 14.3 Å². The van der Waals surface area contributed by atoms with Gasteiger partial charge in [0.05, 0.1) is 17.6 Å². The van der Waals surface area contributed by atoms with Gasteiger partial charge in [-0.3, -0.25) is 30.0 Å². The molecule has 240 valence electrons. The van der Waals surface area contributed by atoms with Gasteiger partial charge in [-0.25, -0.2) is 9.59 Å². The van der Waals surface area contributed by atoms with E-state index in [9.17, 15) is 19.2 Å². The molecule has 0 unspecified atom stereocenters. The van der Waals surface area contributed by atoms with Crippen LogP contribution in [0.1, 0.15) is 67.9 Å². The zero-order valence-electron chi connectivity index (χ0n) is 27.5. The molecule has 0 aliphatic carbocycles. The number of benzene rings is 1. The largest absolute Gasteiger partial charge is 0.465 e. The summed E-state index contributed by atoms with van der Waals surface area (Å²) in [5, 5.41) is 13.8. The van der Waals surface area contributed by atoms with E-state index in [1.165, 1.54) is 6.07 Å². The summed E-state index contributed by atoms with van der Waals surface area (Å²) < 4.78 is 5.40. The third-order valence-electron chi connectivity index (χ3n) is 8.84. The van der Waals surface area contributed by atoms with Gasteiger partial charge in [0.2, 0.25) is 11.8 Å². The van der Waals surface area contributed by atoms with Crippen LogP contribution in [0, 0.1) is 6.92 Å². The maximum absolute atomic E-state index is 13.7. The van der Waals surface area contributed by atoms with Crippen molar-refractivity contribution in [3.05, 3.63) is 23.8 Å². The van der Waals surface area contributed by atoms with Crippen LogP contribution in [0.2, 0.25) is 0 Å². The number of carbonyl (C=O) groups is 4. The molecule has 2 saturated heterocycles. The first-order chi connectivity index (χ1) is 19.7. The van der Waals surface area contributed by atoms with E-state index in [0.717, 1.165) is 5.56 Å². The van der Waals surface area contributed by atoms with Gasteiger partial charge in [0.15, 0.2) is 0 Å². The SMILES string of the molecule is CCN1CC(C)(C)N(CCN2C(C)(C)CN(CCOC(=O)Nc3cc(NC(=O)O)ccc3C)C(=O)C2(C)C)C(C)(C)C1=O. The Kier molecular flexibility index (Phi) is 9.77. The molecular weight excluding hydrogens is 552 g/mol. The zero-order chi connectivity index (χ0) is 32.5. The Balaban J connectivity index is 1.63. The second-order valence-corrected chi connectivity index (χ2v) is 13.8. The van der Waals surface area contributed by atoms with Crippen molar-refractivity contribution in [3.63, 3.8) is 0 Å². The number of nitrogens with zero attached hydrogens (tertiary/aromatic N) is 4. The molecule has 43 heavy (non-hydrogen) atoms. The van der Waals surface area contributed by atoms with Crippen LogP contribution < -0.4 is 10.6 Å². The third kappa shape index (κ3) is 7.23. The van der Waals surface area contributed by atoms with Crippen LogP contribution in [-0.4, -0.2) is 117 Å². The van der Waals surface area contributed by atoms with Crippen molar-refractivity contribution in [2.24, 2.45) is 0 Å². The lowest BCUT2D eigenvalue weighted by atomic mass is 9.85. The van der Waals surface area contributed by atoms with Gasteiger partial charge in [-0.15, -0.1) is 0 Å². The monoisotopic (exact) mass is 602 g/mol. The van der Waals surface area contributed by atoms with Crippen LogP contribution in [0.4, 0.5) is 21.0 Å². The molecule has 0 saturated carbocycles. The summed E-state index contributed by atoms with van der Waals surface area (Å²) in [6.07, 6.45) is -1.89. The summed E-state index contributed by atoms with van der Waals surface area (Å²) in [5.74, 6) is 0.0714.